The summed E-state index contributed by atoms with van der Waals surface area (Å²) >= 11 is 2.36. The van der Waals surface area contributed by atoms with E-state index in [0.29, 0.717) is 5.92 Å². The van der Waals surface area contributed by atoms with Crippen molar-refractivity contribution in [1.29, 1.82) is 0 Å². The van der Waals surface area contributed by atoms with Crippen LogP contribution < -0.4 is 10.1 Å². The van der Waals surface area contributed by atoms with Crippen molar-refractivity contribution in [3.05, 3.63) is 26.8 Å². The molecule has 2 rings (SSSR count). The average Bonchev–Trinajstić information content (AvgIpc) is 2.49. The van der Waals surface area contributed by atoms with Crippen LogP contribution in [0.5, 0.6) is 5.75 Å². The molecular formula is C13H18INO. The minimum atomic E-state index is 0.650. The molecule has 1 heterocycles. The number of hydrogen-bond acceptors (Lipinski definition) is 2. The number of methoxy groups -OCH3 is 1. The molecule has 1 aromatic carbocycles. The molecule has 0 fully saturated rings. The Bertz CT molecular complexity index is 378. The molecule has 1 atom stereocenters. The maximum Gasteiger partial charge on any atom is 0.132 e. The molecule has 0 radical (unpaired) electrons. The van der Waals surface area contributed by atoms with E-state index in [2.05, 4.69) is 47.0 Å². The van der Waals surface area contributed by atoms with Crippen molar-refractivity contribution >= 4 is 22.6 Å². The van der Waals surface area contributed by atoms with Crippen LogP contribution in [0.15, 0.2) is 12.1 Å². The van der Waals surface area contributed by atoms with E-state index in [1.165, 1.54) is 21.1 Å². The van der Waals surface area contributed by atoms with Crippen LogP contribution in [0.1, 0.15) is 30.4 Å². The lowest BCUT2D eigenvalue weighted by Gasteiger charge is -2.17. The van der Waals surface area contributed by atoms with Gasteiger partial charge in [-0.1, -0.05) is 6.92 Å². The van der Waals surface area contributed by atoms with E-state index < -0.39 is 0 Å². The molecule has 0 unspecified atom stereocenters. The smallest absolute Gasteiger partial charge is 0.132 e. The topological polar surface area (TPSA) is 21.3 Å². The summed E-state index contributed by atoms with van der Waals surface area (Å²) in [5.74, 6) is 1.66. The van der Waals surface area contributed by atoms with Crippen molar-refractivity contribution in [1.82, 2.24) is 5.32 Å². The zero-order valence-electron chi connectivity index (χ0n) is 9.85. The maximum atomic E-state index is 5.39. The van der Waals surface area contributed by atoms with Crippen molar-refractivity contribution < 1.29 is 4.74 Å². The van der Waals surface area contributed by atoms with Crippen LogP contribution in [-0.4, -0.2) is 20.2 Å². The Morgan fingerprint density at radius 1 is 1.50 bits per heavy atom. The number of ether oxygens (including phenoxy) is 1. The average molecular weight is 331 g/mol. The van der Waals surface area contributed by atoms with Crippen LogP contribution in [-0.2, 0) is 6.42 Å². The van der Waals surface area contributed by atoms with Gasteiger partial charge in [-0.05, 0) is 71.2 Å². The number of hydrogen-bond donors (Lipinski definition) is 1. The molecule has 0 saturated carbocycles. The SMILES string of the molecule is CC[C@H]1CNCCc2cc(OC)c(I)cc21. The maximum absolute atomic E-state index is 5.39. The molecule has 1 aromatic rings. The molecule has 0 aromatic heterocycles. The first-order chi connectivity index (χ1) is 7.76. The Balaban J connectivity index is 2.45. The van der Waals surface area contributed by atoms with E-state index in [0.717, 1.165) is 25.3 Å². The van der Waals surface area contributed by atoms with Gasteiger partial charge in [0.1, 0.15) is 5.75 Å². The molecule has 88 valence electrons. The minimum absolute atomic E-state index is 0.650. The fourth-order valence-electron chi connectivity index (χ4n) is 2.34. The first kappa shape index (κ1) is 12.2. The Morgan fingerprint density at radius 3 is 3.00 bits per heavy atom. The summed E-state index contributed by atoms with van der Waals surface area (Å²) in [6.45, 7) is 4.44. The highest BCUT2D eigenvalue weighted by atomic mass is 127. The zero-order valence-corrected chi connectivity index (χ0v) is 12.0. The molecule has 1 aliphatic rings. The van der Waals surface area contributed by atoms with Crippen molar-refractivity contribution in [3.8, 4) is 5.75 Å². The monoisotopic (exact) mass is 331 g/mol. The highest BCUT2D eigenvalue weighted by Gasteiger charge is 2.18. The lowest BCUT2D eigenvalue weighted by atomic mass is 9.92. The molecule has 0 saturated heterocycles. The molecule has 0 amide bonds. The number of benzene rings is 1. The van der Waals surface area contributed by atoms with Crippen molar-refractivity contribution in [2.75, 3.05) is 20.2 Å². The fourth-order valence-corrected chi connectivity index (χ4v) is 3.05. The van der Waals surface area contributed by atoms with E-state index in [1.807, 2.05) is 0 Å². The van der Waals surface area contributed by atoms with Crippen LogP contribution in [0.2, 0.25) is 0 Å². The molecule has 0 aliphatic carbocycles. The van der Waals surface area contributed by atoms with E-state index in [4.69, 9.17) is 4.74 Å². The molecule has 16 heavy (non-hydrogen) atoms. The van der Waals surface area contributed by atoms with Crippen molar-refractivity contribution in [3.63, 3.8) is 0 Å². The number of nitrogens with one attached hydrogen (secondary N) is 1. The standard InChI is InChI=1S/C13H18INO/c1-3-9-8-15-5-4-10-6-13(16-2)12(14)7-11(9)10/h6-7,9,15H,3-5,8H2,1-2H3/t9-/m0/s1. The molecule has 0 spiro atoms. The fraction of sp³-hybridized carbons (Fsp3) is 0.538. The first-order valence-electron chi connectivity index (χ1n) is 5.83. The third kappa shape index (κ3) is 2.35. The lowest BCUT2D eigenvalue weighted by Crippen LogP contribution is -2.19. The van der Waals surface area contributed by atoms with E-state index in [9.17, 15) is 0 Å². The van der Waals surface area contributed by atoms with E-state index in [-0.39, 0.29) is 0 Å². The molecule has 2 nitrogen and oxygen atoms in total. The van der Waals surface area contributed by atoms with Gasteiger partial charge in [0.2, 0.25) is 0 Å². The van der Waals surface area contributed by atoms with Gasteiger partial charge in [0.25, 0.3) is 0 Å². The van der Waals surface area contributed by atoms with Crippen LogP contribution >= 0.6 is 22.6 Å². The summed E-state index contributed by atoms with van der Waals surface area (Å²) in [7, 11) is 1.75. The highest BCUT2D eigenvalue weighted by Crippen LogP contribution is 2.32. The second-order valence-electron chi connectivity index (χ2n) is 4.24. The molecule has 0 bridgehead atoms. The minimum Gasteiger partial charge on any atom is -0.496 e. The zero-order chi connectivity index (χ0) is 11.5. The summed E-state index contributed by atoms with van der Waals surface area (Å²) in [4.78, 5) is 0. The van der Waals surface area contributed by atoms with E-state index in [1.54, 1.807) is 7.11 Å². The van der Waals surface area contributed by atoms with Gasteiger partial charge < -0.3 is 10.1 Å². The van der Waals surface area contributed by atoms with Crippen LogP contribution in [0, 0.1) is 3.57 Å². The summed E-state index contributed by atoms with van der Waals surface area (Å²) in [6.07, 6.45) is 2.31. The predicted octanol–water partition coefficient (Wildman–Crippen LogP) is 2.94. The highest BCUT2D eigenvalue weighted by molar-refractivity contribution is 14.1. The number of rotatable bonds is 2. The molecule has 1 N–H and O–H groups in total. The normalized spacial score (nSPS) is 20.1. The quantitative estimate of drug-likeness (QED) is 0.842. The molecular weight excluding hydrogens is 313 g/mol. The second kappa shape index (κ2) is 5.36. The Hall–Kier alpha value is -0.290. The third-order valence-electron chi connectivity index (χ3n) is 3.31. The molecule has 1 aliphatic heterocycles. The number of halogens is 1. The number of fused-ring (bicyclic) bond motifs is 1. The van der Waals surface area contributed by atoms with Gasteiger partial charge >= 0.3 is 0 Å². The third-order valence-corrected chi connectivity index (χ3v) is 4.15. The summed E-state index contributed by atoms with van der Waals surface area (Å²) in [5, 5.41) is 3.51. The predicted molar refractivity (Wildman–Crippen MR) is 75.3 cm³/mol. The Morgan fingerprint density at radius 2 is 2.31 bits per heavy atom. The van der Waals surface area contributed by atoms with Gasteiger partial charge in [0.05, 0.1) is 10.7 Å². The van der Waals surface area contributed by atoms with E-state index >= 15 is 0 Å². The van der Waals surface area contributed by atoms with Crippen molar-refractivity contribution in [2.45, 2.75) is 25.7 Å². The largest absolute Gasteiger partial charge is 0.496 e. The van der Waals surface area contributed by atoms with Gasteiger partial charge in [-0.3, -0.25) is 0 Å². The first-order valence-corrected chi connectivity index (χ1v) is 6.91. The van der Waals surface area contributed by atoms with Crippen LogP contribution in [0.4, 0.5) is 0 Å². The molecule has 3 heteroatoms. The van der Waals surface area contributed by atoms with Gasteiger partial charge in [0.15, 0.2) is 0 Å². The summed E-state index contributed by atoms with van der Waals surface area (Å²) in [5.41, 5.74) is 2.96. The van der Waals surface area contributed by atoms with Crippen LogP contribution in [0.25, 0.3) is 0 Å². The van der Waals surface area contributed by atoms with Crippen LogP contribution in [0.3, 0.4) is 0 Å². The van der Waals surface area contributed by atoms with Gasteiger partial charge in [0, 0.05) is 6.54 Å². The Kier molecular flexibility index (Phi) is 4.08. The Labute approximate surface area is 111 Å². The van der Waals surface area contributed by atoms with Gasteiger partial charge in [-0.25, -0.2) is 0 Å². The summed E-state index contributed by atoms with van der Waals surface area (Å²) in [6, 6.07) is 4.52. The summed E-state index contributed by atoms with van der Waals surface area (Å²) < 4.78 is 6.61. The van der Waals surface area contributed by atoms with Gasteiger partial charge in [-0.15, -0.1) is 0 Å². The second-order valence-corrected chi connectivity index (χ2v) is 5.41. The van der Waals surface area contributed by atoms with Crippen molar-refractivity contribution in [2.24, 2.45) is 0 Å². The lowest BCUT2D eigenvalue weighted by molar-refractivity contribution is 0.411. The van der Waals surface area contributed by atoms with Gasteiger partial charge in [-0.2, -0.15) is 0 Å².